The molecule has 7 atom stereocenters. The number of carbonyl (C=O) groups is 2. The number of aldehydes is 2. The lowest BCUT2D eigenvalue weighted by Crippen LogP contribution is -2.66. The van der Waals surface area contributed by atoms with Gasteiger partial charge in [0.1, 0.15) is 18.3 Å². The normalized spacial score (nSPS) is 38.4. The van der Waals surface area contributed by atoms with Crippen molar-refractivity contribution in [1.82, 2.24) is 9.88 Å². The highest BCUT2D eigenvalue weighted by Crippen LogP contribution is 2.55. The predicted octanol–water partition coefficient (Wildman–Crippen LogP) is 2.50. The van der Waals surface area contributed by atoms with Crippen LogP contribution in [-0.4, -0.2) is 41.6 Å². The van der Waals surface area contributed by atoms with Crippen LogP contribution in [0.5, 0.6) is 5.75 Å². The van der Waals surface area contributed by atoms with Crippen molar-refractivity contribution in [3.63, 3.8) is 0 Å². The Kier molecular flexibility index (Phi) is 3.14. The Morgan fingerprint density at radius 3 is 2.76 bits per heavy atom. The summed E-state index contributed by atoms with van der Waals surface area (Å²) in [4.78, 5) is 29.6. The van der Waals surface area contributed by atoms with E-state index in [0.29, 0.717) is 0 Å². The maximum absolute atomic E-state index is 11.9. The minimum atomic E-state index is -0.0497. The van der Waals surface area contributed by atoms with Gasteiger partial charge >= 0.3 is 0 Å². The van der Waals surface area contributed by atoms with E-state index in [1.54, 1.807) is 7.11 Å². The summed E-state index contributed by atoms with van der Waals surface area (Å²) in [6.07, 6.45) is 3.91. The molecule has 0 amide bonds. The van der Waals surface area contributed by atoms with Gasteiger partial charge in [0.2, 0.25) is 0 Å². The number of aromatic nitrogens is 1. The van der Waals surface area contributed by atoms with Crippen LogP contribution in [0.15, 0.2) is 18.2 Å². The number of nitrogens with one attached hydrogen (secondary N) is 1. The molecule has 2 aromatic rings. The molecule has 4 aliphatic heterocycles. The first kappa shape index (κ1) is 15.1. The van der Waals surface area contributed by atoms with E-state index in [4.69, 9.17) is 4.74 Å². The molecular formula is C20H22N2O3. The van der Waals surface area contributed by atoms with E-state index < -0.39 is 0 Å². The third kappa shape index (κ3) is 1.82. The Morgan fingerprint density at radius 2 is 2.04 bits per heavy atom. The van der Waals surface area contributed by atoms with Crippen molar-refractivity contribution in [3.8, 4) is 5.75 Å². The van der Waals surface area contributed by atoms with Crippen molar-refractivity contribution >= 4 is 23.5 Å². The van der Waals surface area contributed by atoms with Crippen LogP contribution in [0, 0.1) is 17.8 Å². The molecule has 1 aromatic heterocycles. The van der Waals surface area contributed by atoms with Gasteiger partial charge < -0.3 is 19.3 Å². The van der Waals surface area contributed by atoms with E-state index in [1.807, 2.05) is 6.07 Å². The molecule has 130 valence electrons. The first-order valence-electron chi connectivity index (χ1n) is 9.04. The second-order valence-corrected chi connectivity index (χ2v) is 7.73. The van der Waals surface area contributed by atoms with Gasteiger partial charge in [0.25, 0.3) is 0 Å². The molecule has 5 heteroatoms. The van der Waals surface area contributed by atoms with Crippen LogP contribution < -0.4 is 4.74 Å². The second kappa shape index (κ2) is 5.18. The molecule has 4 bridgehead atoms. The van der Waals surface area contributed by atoms with Gasteiger partial charge in [-0.05, 0) is 49.4 Å². The molecule has 0 aliphatic carbocycles. The molecule has 1 unspecified atom stereocenters. The number of H-pyrrole nitrogens is 1. The van der Waals surface area contributed by atoms with E-state index in [1.165, 1.54) is 16.6 Å². The van der Waals surface area contributed by atoms with E-state index in [2.05, 4.69) is 28.9 Å². The smallest absolute Gasteiger partial charge is 0.124 e. The molecule has 0 saturated carbocycles. The first-order valence-corrected chi connectivity index (χ1v) is 9.04. The Bertz CT molecular complexity index is 873. The SMILES string of the molecule is COc1ccc2[nH]c3c(c2c1)C[C@H]1[C@H](C=O)[C@H]2C[C@@H]3N1[C@@H](C)[C@@H]2C=O. The summed E-state index contributed by atoms with van der Waals surface area (Å²) in [5.74, 6) is 0.937. The molecule has 5 nitrogen and oxygen atoms in total. The number of fused-ring (bicyclic) bond motifs is 4. The highest BCUT2D eigenvalue weighted by Gasteiger charge is 2.57. The molecule has 0 spiro atoms. The molecule has 3 fully saturated rings. The van der Waals surface area contributed by atoms with E-state index in [0.717, 1.165) is 36.7 Å². The Labute approximate surface area is 146 Å². The number of methoxy groups -OCH3 is 1. The van der Waals surface area contributed by atoms with Crippen LogP contribution >= 0.6 is 0 Å². The summed E-state index contributed by atoms with van der Waals surface area (Å²) in [5.41, 5.74) is 3.71. The summed E-state index contributed by atoms with van der Waals surface area (Å²) < 4.78 is 5.39. The number of ether oxygens (including phenoxy) is 1. The molecule has 5 heterocycles. The minimum absolute atomic E-state index is 0.0336. The molecule has 3 saturated heterocycles. The monoisotopic (exact) mass is 338 g/mol. The molecule has 1 aromatic carbocycles. The highest BCUT2D eigenvalue weighted by atomic mass is 16.5. The van der Waals surface area contributed by atoms with Gasteiger partial charge in [0.15, 0.2) is 0 Å². The van der Waals surface area contributed by atoms with Gasteiger partial charge in [0.05, 0.1) is 13.2 Å². The molecule has 1 N–H and O–H groups in total. The first-order chi connectivity index (χ1) is 12.2. The predicted molar refractivity (Wildman–Crippen MR) is 93.6 cm³/mol. The van der Waals surface area contributed by atoms with Gasteiger partial charge in [0, 0.05) is 40.5 Å². The van der Waals surface area contributed by atoms with Gasteiger partial charge in [-0.15, -0.1) is 0 Å². The topological polar surface area (TPSA) is 62.4 Å². The summed E-state index contributed by atoms with van der Waals surface area (Å²) >= 11 is 0. The van der Waals surface area contributed by atoms with E-state index in [9.17, 15) is 9.59 Å². The lowest BCUT2D eigenvalue weighted by Gasteiger charge is -2.61. The fraction of sp³-hybridized carbons (Fsp3) is 0.500. The Hall–Kier alpha value is -2.14. The van der Waals surface area contributed by atoms with Gasteiger partial charge in [-0.3, -0.25) is 4.90 Å². The van der Waals surface area contributed by atoms with Crippen molar-refractivity contribution in [2.75, 3.05) is 7.11 Å². The number of benzene rings is 1. The van der Waals surface area contributed by atoms with E-state index in [-0.39, 0.29) is 35.9 Å². The van der Waals surface area contributed by atoms with Crippen molar-refractivity contribution in [1.29, 1.82) is 0 Å². The summed E-state index contributed by atoms with van der Waals surface area (Å²) in [6, 6.07) is 6.80. The van der Waals surface area contributed by atoms with Gasteiger partial charge in [-0.1, -0.05) is 0 Å². The Morgan fingerprint density at radius 1 is 1.24 bits per heavy atom. The Balaban J connectivity index is 1.68. The van der Waals surface area contributed by atoms with Crippen molar-refractivity contribution in [3.05, 3.63) is 29.5 Å². The van der Waals surface area contributed by atoms with Crippen molar-refractivity contribution in [2.24, 2.45) is 17.8 Å². The maximum Gasteiger partial charge on any atom is 0.124 e. The summed E-state index contributed by atoms with van der Waals surface area (Å²) in [5, 5.41) is 1.20. The van der Waals surface area contributed by atoms with Crippen LogP contribution in [-0.2, 0) is 16.0 Å². The summed E-state index contributed by atoms with van der Waals surface area (Å²) in [7, 11) is 1.68. The molecule has 0 radical (unpaired) electrons. The lowest BCUT2D eigenvalue weighted by molar-refractivity contribution is -0.153. The number of hydrogen-bond acceptors (Lipinski definition) is 4. The van der Waals surface area contributed by atoms with Crippen molar-refractivity contribution in [2.45, 2.75) is 37.9 Å². The average molecular weight is 338 g/mol. The maximum atomic E-state index is 11.9. The third-order valence-electron chi connectivity index (χ3n) is 6.91. The van der Waals surface area contributed by atoms with Crippen molar-refractivity contribution < 1.29 is 14.3 Å². The molecule has 6 rings (SSSR count). The number of rotatable bonds is 3. The minimum Gasteiger partial charge on any atom is -0.497 e. The largest absolute Gasteiger partial charge is 0.497 e. The standard InChI is InChI=1S/C20H22N2O3/c1-10-15(8-23)12-6-19-20-14(7-18(22(10)19)16(12)9-24)13-5-11(25-2)3-4-17(13)21-20/h3-5,8-10,12,15-16,18-19,21H,6-7H2,1-2H3/t10-,12-,15-,16+,18-,19-/m0/s1. The second-order valence-electron chi connectivity index (χ2n) is 7.73. The number of piperidine rings is 3. The zero-order chi connectivity index (χ0) is 17.3. The summed E-state index contributed by atoms with van der Waals surface area (Å²) in [6.45, 7) is 2.14. The van der Waals surface area contributed by atoms with Gasteiger partial charge in [-0.25, -0.2) is 0 Å². The molecule has 4 aliphatic rings. The third-order valence-corrected chi connectivity index (χ3v) is 6.91. The van der Waals surface area contributed by atoms with Crippen LogP contribution in [0.1, 0.15) is 30.6 Å². The van der Waals surface area contributed by atoms with Crippen LogP contribution in [0.25, 0.3) is 10.9 Å². The van der Waals surface area contributed by atoms with E-state index >= 15 is 0 Å². The van der Waals surface area contributed by atoms with Crippen LogP contribution in [0.2, 0.25) is 0 Å². The quantitative estimate of drug-likeness (QED) is 0.874. The number of carbonyl (C=O) groups excluding carboxylic acids is 2. The van der Waals surface area contributed by atoms with Gasteiger partial charge in [-0.2, -0.15) is 0 Å². The number of aromatic amines is 1. The average Bonchev–Trinajstić information content (AvgIpc) is 2.99. The number of hydrogen-bond donors (Lipinski definition) is 1. The zero-order valence-corrected chi connectivity index (χ0v) is 14.4. The lowest BCUT2D eigenvalue weighted by atomic mass is 9.60. The fourth-order valence-corrected chi connectivity index (χ4v) is 5.81. The molecule has 25 heavy (non-hydrogen) atoms. The van der Waals surface area contributed by atoms with Crippen LogP contribution in [0.3, 0.4) is 0 Å². The zero-order valence-electron chi connectivity index (χ0n) is 14.4. The number of nitrogens with zero attached hydrogens (tertiary/aromatic N) is 1. The fourth-order valence-electron chi connectivity index (χ4n) is 5.81. The van der Waals surface area contributed by atoms with Crippen LogP contribution in [0.4, 0.5) is 0 Å². The molecular weight excluding hydrogens is 316 g/mol. The highest BCUT2D eigenvalue weighted by molar-refractivity contribution is 5.87.